The van der Waals surface area contributed by atoms with E-state index in [1.807, 2.05) is 6.92 Å². The number of carbonyl (C=O) groups excluding carboxylic acids is 1. The highest BCUT2D eigenvalue weighted by atomic mass is 32.2. The minimum Gasteiger partial charge on any atom is -0.377 e. The van der Waals surface area contributed by atoms with Crippen LogP contribution in [0.5, 0.6) is 0 Å². The Morgan fingerprint density at radius 1 is 1.05 bits per heavy atom. The fraction of sp³-hybridized carbons (Fsp3) is 0.310. The smallest absolute Gasteiger partial charge is 0.323 e. The molecule has 2 fully saturated rings. The molecule has 1 aliphatic heterocycles. The van der Waals surface area contributed by atoms with Crippen LogP contribution < -0.4 is 15.5 Å². The van der Waals surface area contributed by atoms with Crippen LogP contribution in [0.25, 0.3) is 11.4 Å². The molecule has 2 aromatic carbocycles. The van der Waals surface area contributed by atoms with Gasteiger partial charge in [-0.05, 0) is 68.3 Å². The Balaban J connectivity index is 1.33. The van der Waals surface area contributed by atoms with Gasteiger partial charge >= 0.3 is 6.03 Å². The maximum absolute atomic E-state index is 13.8. The van der Waals surface area contributed by atoms with Gasteiger partial charge in [0.2, 0.25) is 0 Å². The second kappa shape index (κ2) is 10.8. The number of benzene rings is 2. The summed E-state index contributed by atoms with van der Waals surface area (Å²) in [6.07, 6.45) is 4.03. The largest absolute Gasteiger partial charge is 0.377 e. The van der Waals surface area contributed by atoms with Crippen LogP contribution >= 0.6 is 0 Å². The minimum absolute atomic E-state index is 0.0307. The molecule has 1 saturated heterocycles. The number of aryl methyl sites for hydroxylation is 1. The van der Waals surface area contributed by atoms with E-state index in [2.05, 4.69) is 20.6 Å². The van der Waals surface area contributed by atoms with Crippen molar-refractivity contribution in [3.63, 3.8) is 0 Å². The van der Waals surface area contributed by atoms with Crippen molar-refractivity contribution in [1.29, 1.82) is 0 Å². The average molecular weight is 592 g/mol. The fourth-order valence-electron chi connectivity index (χ4n) is 5.11. The molecule has 0 bridgehead atoms. The number of carbonyl (C=O) groups is 1. The van der Waals surface area contributed by atoms with Crippen LogP contribution in [0.4, 0.5) is 26.4 Å². The Kier molecular flexibility index (Phi) is 7.15. The second-order valence-electron chi connectivity index (χ2n) is 10.6. The normalized spacial score (nSPS) is 18.0. The third kappa shape index (κ3) is 5.32. The van der Waals surface area contributed by atoms with Gasteiger partial charge < -0.3 is 20.3 Å². The molecule has 2 aliphatic rings. The SMILES string of the molecule is C[C@H]1COCCN1c1cc(C2(S(=O)(=O)c3ccc(F)cc3)CC2)nc(-c2ccc(NC(=O)Nc3cnn(C)c3)cc2)n1. The average Bonchev–Trinajstić information content (AvgIpc) is 3.71. The lowest BCUT2D eigenvalue weighted by Gasteiger charge is -2.34. The number of hydrogen-bond acceptors (Lipinski definition) is 8. The number of nitrogens with zero attached hydrogens (tertiary/aromatic N) is 5. The maximum atomic E-state index is 13.8. The molecule has 0 spiro atoms. The molecule has 2 amide bonds. The number of rotatable bonds is 7. The summed E-state index contributed by atoms with van der Waals surface area (Å²) in [7, 11) is -2.11. The Bertz CT molecular complexity index is 1720. The Morgan fingerprint density at radius 2 is 1.76 bits per heavy atom. The summed E-state index contributed by atoms with van der Waals surface area (Å²) in [5.41, 5.74) is 2.18. The van der Waals surface area contributed by atoms with Crippen molar-refractivity contribution in [2.24, 2.45) is 7.05 Å². The first kappa shape index (κ1) is 27.8. The molecule has 13 heteroatoms. The van der Waals surface area contributed by atoms with E-state index < -0.39 is 26.4 Å². The van der Waals surface area contributed by atoms with Gasteiger partial charge in [0.05, 0.1) is 41.7 Å². The zero-order valence-electron chi connectivity index (χ0n) is 23.1. The van der Waals surface area contributed by atoms with Crippen molar-refractivity contribution in [3.05, 3.63) is 78.5 Å². The molecule has 1 saturated carbocycles. The molecule has 0 radical (unpaired) electrons. The van der Waals surface area contributed by atoms with Crippen LogP contribution in [0.15, 0.2) is 71.9 Å². The summed E-state index contributed by atoms with van der Waals surface area (Å²) in [5.74, 6) is 0.483. The van der Waals surface area contributed by atoms with Crippen LogP contribution in [0.1, 0.15) is 25.5 Å². The molecule has 2 aromatic heterocycles. The molecule has 0 unspecified atom stereocenters. The highest BCUT2D eigenvalue weighted by Gasteiger charge is 2.58. The summed E-state index contributed by atoms with van der Waals surface area (Å²) < 4.78 is 47.2. The van der Waals surface area contributed by atoms with Gasteiger partial charge in [0.15, 0.2) is 15.7 Å². The summed E-state index contributed by atoms with van der Waals surface area (Å²) in [4.78, 5) is 24.2. The van der Waals surface area contributed by atoms with Gasteiger partial charge in [0.1, 0.15) is 16.4 Å². The summed E-state index contributed by atoms with van der Waals surface area (Å²) >= 11 is 0. The lowest BCUT2D eigenvalue weighted by atomic mass is 10.1. The monoisotopic (exact) mass is 591 g/mol. The highest BCUT2D eigenvalue weighted by Crippen LogP contribution is 2.55. The van der Waals surface area contributed by atoms with Crippen molar-refractivity contribution in [3.8, 4) is 11.4 Å². The molecule has 4 aromatic rings. The molecule has 42 heavy (non-hydrogen) atoms. The van der Waals surface area contributed by atoms with Crippen molar-refractivity contribution in [1.82, 2.24) is 19.7 Å². The Hall–Kier alpha value is -4.36. The highest BCUT2D eigenvalue weighted by molar-refractivity contribution is 7.92. The van der Waals surface area contributed by atoms with Crippen molar-refractivity contribution >= 4 is 33.1 Å². The van der Waals surface area contributed by atoms with Gasteiger partial charge in [-0.3, -0.25) is 4.68 Å². The number of nitrogens with one attached hydrogen (secondary N) is 2. The van der Waals surface area contributed by atoms with E-state index in [-0.39, 0.29) is 10.9 Å². The number of hydrogen-bond donors (Lipinski definition) is 2. The van der Waals surface area contributed by atoms with Gasteiger partial charge in [0, 0.05) is 37.1 Å². The first-order valence-electron chi connectivity index (χ1n) is 13.6. The van der Waals surface area contributed by atoms with E-state index in [1.54, 1.807) is 54.5 Å². The topological polar surface area (TPSA) is 131 Å². The van der Waals surface area contributed by atoms with E-state index in [9.17, 15) is 17.6 Å². The summed E-state index contributed by atoms with van der Waals surface area (Å²) in [6, 6.07) is 13.3. The molecule has 1 aliphatic carbocycles. The van der Waals surface area contributed by atoms with Gasteiger partial charge in [0.25, 0.3) is 0 Å². The van der Waals surface area contributed by atoms with Gasteiger partial charge in [-0.25, -0.2) is 27.6 Å². The van der Waals surface area contributed by atoms with Crippen LogP contribution in [0.3, 0.4) is 0 Å². The lowest BCUT2D eigenvalue weighted by molar-refractivity contribution is 0.0985. The predicted octanol–water partition coefficient (Wildman–Crippen LogP) is 4.35. The van der Waals surface area contributed by atoms with Gasteiger partial charge in [-0.15, -0.1) is 0 Å². The Morgan fingerprint density at radius 3 is 2.40 bits per heavy atom. The van der Waals surface area contributed by atoms with Crippen molar-refractivity contribution < 1.29 is 22.3 Å². The standard InChI is InChI=1S/C29H30FN7O4S/c1-19-18-41-14-13-37(19)26-15-25(29(11-12-29)42(39,40)24-9-5-21(30)6-10-24)34-27(35-26)20-3-7-22(8-4-20)32-28(38)33-23-16-31-36(2)17-23/h3-10,15-17,19H,11-14,18H2,1-2H3,(H2,32,33,38)/t19-/m0/s1. The van der Waals surface area contributed by atoms with E-state index in [0.717, 1.165) is 12.1 Å². The van der Waals surface area contributed by atoms with Crippen molar-refractivity contribution in [2.45, 2.75) is 35.4 Å². The number of anilines is 3. The minimum atomic E-state index is -3.86. The summed E-state index contributed by atoms with van der Waals surface area (Å²) in [5, 5.41) is 9.52. The quantitative estimate of drug-likeness (QED) is 0.304. The zero-order valence-corrected chi connectivity index (χ0v) is 23.9. The number of morpholine rings is 1. The van der Waals surface area contributed by atoms with Crippen molar-refractivity contribution in [2.75, 3.05) is 35.3 Å². The lowest BCUT2D eigenvalue weighted by Crippen LogP contribution is -2.44. The molecular weight excluding hydrogens is 561 g/mol. The van der Waals surface area contributed by atoms with Crippen LogP contribution in [0, 0.1) is 5.82 Å². The number of ether oxygens (including phenoxy) is 1. The number of sulfone groups is 1. The van der Waals surface area contributed by atoms with E-state index in [0.29, 0.717) is 66.9 Å². The first-order chi connectivity index (χ1) is 20.1. The number of amides is 2. The maximum Gasteiger partial charge on any atom is 0.323 e. The number of aromatic nitrogens is 4. The molecule has 218 valence electrons. The molecule has 6 rings (SSSR count). The predicted molar refractivity (Wildman–Crippen MR) is 155 cm³/mol. The van der Waals surface area contributed by atoms with Crippen LogP contribution in [-0.4, -0.2) is 60.0 Å². The third-order valence-electron chi connectivity index (χ3n) is 7.55. The number of halogens is 1. The number of urea groups is 1. The van der Waals surface area contributed by atoms with Gasteiger partial charge in [-0.2, -0.15) is 5.10 Å². The fourth-order valence-corrected chi connectivity index (χ4v) is 7.07. The Labute approximate surface area is 242 Å². The molecule has 1 atom stereocenters. The molecule has 11 nitrogen and oxygen atoms in total. The zero-order chi connectivity index (χ0) is 29.5. The van der Waals surface area contributed by atoms with E-state index in [4.69, 9.17) is 14.7 Å². The van der Waals surface area contributed by atoms with Gasteiger partial charge in [-0.1, -0.05) is 0 Å². The first-order valence-corrected chi connectivity index (χ1v) is 15.0. The summed E-state index contributed by atoms with van der Waals surface area (Å²) in [6.45, 7) is 3.68. The second-order valence-corrected chi connectivity index (χ2v) is 12.8. The van der Waals surface area contributed by atoms with Crippen LogP contribution in [0.2, 0.25) is 0 Å². The van der Waals surface area contributed by atoms with E-state index in [1.165, 1.54) is 12.1 Å². The van der Waals surface area contributed by atoms with E-state index >= 15 is 0 Å². The van der Waals surface area contributed by atoms with Crippen LogP contribution in [-0.2, 0) is 26.4 Å². The third-order valence-corrected chi connectivity index (χ3v) is 10.1. The molecular formula is C29H30FN7O4S. The molecule has 3 heterocycles. The molecule has 2 N–H and O–H groups in total.